The van der Waals surface area contributed by atoms with Gasteiger partial charge in [0.1, 0.15) is 5.75 Å². The van der Waals surface area contributed by atoms with Crippen LogP contribution in [0.4, 0.5) is 18.3 Å². The van der Waals surface area contributed by atoms with Crippen molar-refractivity contribution in [3.8, 4) is 5.75 Å². The van der Waals surface area contributed by atoms with Crippen LogP contribution in [0.3, 0.4) is 0 Å². The number of benzene rings is 1. The molecule has 23 heavy (non-hydrogen) atoms. The molecule has 0 aliphatic carbocycles. The first-order valence-electron chi connectivity index (χ1n) is 6.25. The summed E-state index contributed by atoms with van der Waals surface area (Å²) >= 11 is 1.13. The summed E-state index contributed by atoms with van der Waals surface area (Å²) in [5.74, 6) is -0.314. The van der Waals surface area contributed by atoms with Crippen molar-refractivity contribution in [3.63, 3.8) is 0 Å². The number of halogens is 4. The van der Waals surface area contributed by atoms with Crippen LogP contribution in [-0.2, 0) is 4.79 Å². The monoisotopic (exact) mass is 369 g/mol. The lowest BCUT2D eigenvalue weighted by molar-refractivity contribution is -0.153. The average molecular weight is 370 g/mol. The van der Waals surface area contributed by atoms with Gasteiger partial charge < -0.3 is 15.8 Å². The van der Waals surface area contributed by atoms with Crippen LogP contribution in [0.5, 0.6) is 5.75 Å². The van der Waals surface area contributed by atoms with Gasteiger partial charge in [0, 0.05) is 0 Å². The second-order valence-electron chi connectivity index (χ2n) is 5.23. The zero-order chi connectivity index (χ0) is 16.5. The number of carbonyl (C=O) groups is 1. The van der Waals surface area contributed by atoms with Crippen LogP contribution in [0.1, 0.15) is 13.8 Å². The molecular formula is C13H15ClF3N3O2S. The standard InChI is InChI=1S/C13H14F3N3O2S.ClH/c1-12(2,17)10(20)19-11-18-8-4-3-7(5-9(8)22-11)21-6-13(14,15)16;/h3-5H,6,17H2,1-2H3,(H,18,19,20);1H. The number of carbonyl (C=O) groups excluding carboxylic acids is 1. The van der Waals surface area contributed by atoms with Gasteiger partial charge in [-0.05, 0) is 32.0 Å². The topological polar surface area (TPSA) is 77.2 Å². The van der Waals surface area contributed by atoms with Gasteiger partial charge in [0.05, 0.1) is 15.8 Å². The second kappa shape index (κ2) is 6.90. The number of rotatable bonds is 4. The molecule has 0 atom stereocenters. The van der Waals surface area contributed by atoms with E-state index < -0.39 is 24.2 Å². The number of alkyl halides is 3. The SMILES string of the molecule is CC(C)(N)C(=O)Nc1nc2ccc(OCC(F)(F)F)cc2s1.Cl. The number of nitrogens with zero attached hydrogens (tertiary/aromatic N) is 1. The Hall–Kier alpha value is -1.58. The average Bonchev–Trinajstić information content (AvgIpc) is 2.75. The van der Waals surface area contributed by atoms with Crippen molar-refractivity contribution in [1.29, 1.82) is 0 Å². The largest absolute Gasteiger partial charge is 0.484 e. The van der Waals surface area contributed by atoms with E-state index in [4.69, 9.17) is 5.73 Å². The van der Waals surface area contributed by atoms with E-state index >= 15 is 0 Å². The number of hydrogen-bond donors (Lipinski definition) is 2. The first-order valence-corrected chi connectivity index (χ1v) is 7.07. The molecule has 0 saturated carbocycles. The van der Waals surface area contributed by atoms with E-state index in [0.717, 1.165) is 11.3 Å². The molecule has 128 valence electrons. The molecule has 0 spiro atoms. The minimum absolute atomic E-state index is 0. The highest BCUT2D eigenvalue weighted by molar-refractivity contribution is 7.22. The molecule has 3 N–H and O–H groups in total. The molecule has 0 aliphatic rings. The smallest absolute Gasteiger partial charge is 0.422 e. The van der Waals surface area contributed by atoms with Gasteiger partial charge in [-0.15, -0.1) is 12.4 Å². The maximum atomic E-state index is 12.1. The second-order valence-corrected chi connectivity index (χ2v) is 6.26. The highest BCUT2D eigenvalue weighted by Gasteiger charge is 2.28. The number of thiazole rings is 1. The third-order valence-electron chi connectivity index (χ3n) is 2.57. The van der Waals surface area contributed by atoms with Crippen molar-refractivity contribution in [2.75, 3.05) is 11.9 Å². The Bertz CT molecular complexity index is 698. The normalized spacial score (nSPS) is 11.9. The summed E-state index contributed by atoms with van der Waals surface area (Å²) in [7, 11) is 0. The van der Waals surface area contributed by atoms with Crippen LogP contribution in [0.2, 0.25) is 0 Å². The van der Waals surface area contributed by atoms with Gasteiger partial charge in [-0.2, -0.15) is 13.2 Å². The Labute approximate surface area is 140 Å². The van der Waals surface area contributed by atoms with E-state index in [1.165, 1.54) is 18.2 Å². The third kappa shape index (κ3) is 5.52. The van der Waals surface area contributed by atoms with E-state index in [2.05, 4.69) is 15.0 Å². The molecule has 1 amide bonds. The maximum absolute atomic E-state index is 12.1. The lowest BCUT2D eigenvalue weighted by atomic mass is 10.1. The van der Waals surface area contributed by atoms with Gasteiger partial charge in [-0.3, -0.25) is 4.79 Å². The zero-order valence-electron chi connectivity index (χ0n) is 12.2. The molecule has 0 aliphatic heterocycles. The Morgan fingerprint density at radius 2 is 2.04 bits per heavy atom. The molecule has 0 radical (unpaired) electrons. The number of hydrogen-bond acceptors (Lipinski definition) is 5. The summed E-state index contributed by atoms with van der Waals surface area (Å²) in [4.78, 5) is 15.9. The van der Waals surface area contributed by atoms with Gasteiger partial charge in [0.15, 0.2) is 11.7 Å². The van der Waals surface area contributed by atoms with Crippen molar-refractivity contribution in [2.45, 2.75) is 25.6 Å². The van der Waals surface area contributed by atoms with Crippen molar-refractivity contribution in [3.05, 3.63) is 18.2 Å². The Morgan fingerprint density at radius 3 is 2.61 bits per heavy atom. The van der Waals surface area contributed by atoms with Gasteiger partial charge in [-0.1, -0.05) is 11.3 Å². The lowest BCUT2D eigenvalue weighted by Crippen LogP contribution is -2.45. The van der Waals surface area contributed by atoms with Crippen LogP contribution >= 0.6 is 23.7 Å². The van der Waals surface area contributed by atoms with Crippen molar-refractivity contribution < 1.29 is 22.7 Å². The summed E-state index contributed by atoms with van der Waals surface area (Å²) in [6.45, 7) is 1.75. The summed E-state index contributed by atoms with van der Waals surface area (Å²) < 4.78 is 41.6. The summed E-state index contributed by atoms with van der Waals surface area (Å²) in [6.07, 6.45) is -4.39. The molecule has 5 nitrogen and oxygen atoms in total. The van der Waals surface area contributed by atoms with Crippen molar-refractivity contribution >= 4 is 45.0 Å². The van der Waals surface area contributed by atoms with E-state index in [0.29, 0.717) is 15.3 Å². The molecule has 1 aromatic heterocycles. The predicted octanol–water partition coefficient (Wildman–Crippen LogP) is 3.34. The molecule has 0 bridgehead atoms. The zero-order valence-corrected chi connectivity index (χ0v) is 13.9. The number of anilines is 1. The molecule has 0 saturated heterocycles. The maximum Gasteiger partial charge on any atom is 0.422 e. The van der Waals surface area contributed by atoms with Crippen LogP contribution in [0.25, 0.3) is 10.2 Å². The van der Waals surface area contributed by atoms with E-state index in [-0.39, 0.29) is 18.2 Å². The van der Waals surface area contributed by atoms with Gasteiger partial charge in [0.25, 0.3) is 0 Å². The molecule has 1 heterocycles. The fourth-order valence-corrected chi connectivity index (χ4v) is 2.36. The Kier molecular flexibility index (Phi) is 5.84. The Balaban J connectivity index is 0.00000264. The van der Waals surface area contributed by atoms with E-state index in [9.17, 15) is 18.0 Å². The van der Waals surface area contributed by atoms with E-state index in [1.54, 1.807) is 13.8 Å². The third-order valence-corrected chi connectivity index (χ3v) is 3.50. The summed E-state index contributed by atoms with van der Waals surface area (Å²) in [6, 6.07) is 4.37. The van der Waals surface area contributed by atoms with Crippen LogP contribution in [0.15, 0.2) is 18.2 Å². The van der Waals surface area contributed by atoms with Crippen molar-refractivity contribution in [1.82, 2.24) is 4.98 Å². The number of nitrogens with one attached hydrogen (secondary N) is 1. The molecule has 2 aromatic rings. The fraction of sp³-hybridized carbons (Fsp3) is 0.385. The fourth-order valence-electron chi connectivity index (χ4n) is 1.47. The lowest BCUT2D eigenvalue weighted by Gasteiger charge is -2.15. The number of fused-ring (bicyclic) bond motifs is 1. The molecular weight excluding hydrogens is 355 g/mol. The minimum Gasteiger partial charge on any atom is -0.484 e. The number of ether oxygens (including phenoxy) is 1. The number of aromatic nitrogens is 1. The highest BCUT2D eigenvalue weighted by Crippen LogP contribution is 2.30. The molecule has 2 rings (SSSR count). The Morgan fingerprint density at radius 1 is 1.39 bits per heavy atom. The summed E-state index contributed by atoms with van der Waals surface area (Å²) in [5, 5.41) is 2.90. The van der Waals surface area contributed by atoms with Gasteiger partial charge >= 0.3 is 6.18 Å². The quantitative estimate of drug-likeness (QED) is 0.866. The van der Waals surface area contributed by atoms with Gasteiger partial charge in [-0.25, -0.2) is 4.98 Å². The summed E-state index contributed by atoms with van der Waals surface area (Å²) in [5.41, 5.74) is 5.16. The van der Waals surface area contributed by atoms with Crippen LogP contribution in [0, 0.1) is 0 Å². The molecule has 0 fully saturated rings. The van der Waals surface area contributed by atoms with Crippen LogP contribution < -0.4 is 15.8 Å². The van der Waals surface area contributed by atoms with Crippen LogP contribution in [-0.4, -0.2) is 29.2 Å². The number of nitrogens with two attached hydrogens (primary N) is 1. The molecule has 0 unspecified atom stereocenters. The highest BCUT2D eigenvalue weighted by atomic mass is 35.5. The molecule has 10 heteroatoms. The molecule has 1 aromatic carbocycles. The predicted molar refractivity (Wildman–Crippen MR) is 85.3 cm³/mol. The van der Waals surface area contributed by atoms with Gasteiger partial charge in [0.2, 0.25) is 5.91 Å². The minimum atomic E-state index is -4.39. The number of amides is 1. The first-order chi connectivity index (χ1) is 10.0. The first kappa shape index (κ1) is 19.5. The van der Waals surface area contributed by atoms with Crippen molar-refractivity contribution in [2.24, 2.45) is 5.73 Å². The van der Waals surface area contributed by atoms with E-state index in [1.807, 2.05) is 0 Å².